The van der Waals surface area contributed by atoms with Gasteiger partial charge in [0.05, 0.1) is 18.7 Å². The number of carbonyl (C=O) groups is 2. The number of aromatic nitrogens is 1. The number of rotatable bonds is 6. The number of carbonyl (C=O) groups excluding carboxylic acids is 2. The maximum Gasteiger partial charge on any atom is 0.252 e. The molecule has 2 heterocycles. The van der Waals surface area contributed by atoms with E-state index in [-0.39, 0.29) is 17.9 Å². The Bertz CT molecular complexity index is 821. The first-order valence-corrected chi connectivity index (χ1v) is 8.22. The number of ether oxygens (including phenoxy) is 2. The van der Waals surface area contributed by atoms with Crippen LogP contribution in [0.25, 0.3) is 10.8 Å². The van der Waals surface area contributed by atoms with Crippen LogP contribution in [-0.2, 0) is 4.79 Å². The normalized spacial score (nSPS) is 19.7. The van der Waals surface area contributed by atoms with Gasteiger partial charge in [-0.15, -0.1) is 0 Å². The summed E-state index contributed by atoms with van der Waals surface area (Å²) in [6.45, 7) is 2.40. The van der Waals surface area contributed by atoms with Gasteiger partial charge >= 0.3 is 0 Å². The van der Waals surface area contributed by atoms with E-state index in [0.29, 0.717) is 30.2 Å². The second kappa shape index (κ2) is 6.96. The Kier molecular flexibility index (Phi) is 4.74. The van der Waals surface area contributed by atoms with E-state index in [4.69, 9.17) is 15.2 Å². The molecule has 0 spiro atoms. The SMILES string of the molecule is CCC1CC(=O)NC1COc1nccc2cc(C(N)=O)c(OC)cc12. The summed E-state index contributed by atoms with van der Waals surface area (Å²) >= 11 is 0. The fourth-order valence-electron chi connectivity index (χ4n) is 3.19. The zero-order chi connectivity index (χ0) is 18.0. The van der Waals surface area contributed by atoms with Crippen molar-refractivity contribution in [1.29, 1.82) is 0 Å². The summed E-state index contributed by atoms with van der Waals surface area (Å²) < 4.78 is 11.1. The summed E-state index contributed by atoms with van der Waals surface area (Å²) in [5.74, 6) is 0.566. The average molecular weight is 343 g/mol. The molecule has 2 unspecified atom stereocenters. The number of amides is 2. The number of benzene rings is 1. The van der Waals surface area contributed by atoms with Crippen LogP contribution in [0.2, 0.25) is 0 Å². The van der Waals surface area contributed by atoms with Crippen LogP contribution >= 0.6 is 0 Å². The number of primary amides is 1. The van der Waals surface area contributed by atoms with Crippen LogP contribution in [-0.4, -0.2) is 36.6 Å². The molecule has 3 N–H and O–H groups in total. The molecule has 0 aliphatic carbocycles. The van der Waals surface area contributed by atoms with E-state index in [9.17, 15) is 9.59 Å². The van der Waals surface area contributed by atoms with Crippen molar-refractivity contribution in [1.82, 2.24) is 10.3 Å². The van der Waals surface area contributed by atoms with E-state index in [2.05, 4.69) is 17.2 Å². The fraction of sp³-hybridized carbons (Fsp3) is 0.389. The lowest BCUT2D eigenvalue weighted by molar-refractivity contribution is -0.119. The summed E-state index contributed by atoms with van der Waals surface area (Å²) in [6, 6.07) is 5.11. The minimum atomic E-state index is -0.558. The Hall–Kier alpha value is -2.83. The molecule has 1 aromatic heterocycles. The van der Waals surface area contributed by atoms with E-state index in [1.165, 1.54) is 7.11 Å². The van der Waals surface area contributed by atoms with Crippen LogP contribution in [0.4, 0.5) is 0 Å². The molecule has 2 aromatic rings. The smallest absolute Gasteiger partial charge is 0.252 e. The van der Waals surface area contributed by atoms with Crippen molar-refractivity contribution in [3.05, 3.63) is 30.0 Å². The summed E-state index contributed by atoms with van der Waals surface area (Å²) in [4.78, 5) is 27.4. The van der Waals surface area contributed by atoms with Gasteiger partial charge in [-0.05, 0) is 29.5 Å². The first-order chi connectivity index (χ1) is 12.0. The molecule has 25 heavy (non-hydrogen) atoms. The number of pyridine rings is 1. The first kappa shape index (κ1) is 17.0. The molecule has 1 fully saturated rings. The Labute approximate surface area is 145 Å². The highest BCUT2D eigenvalue weighted by molar-refractivity contribution is 6.01. The number of nitrogens with zero attached hydrogens (tertiary/aromatic N) is 1. The lowest BCUT2D eigenvalue weighted by Crippen LogP contribution is -2.34. The number of nitrogens with two attached hydrogens (primary N) is 1. The van der Waals surface area contributed by atoms with Crippen LogP contribution in [0.3, 0.4) is 0 Å². The number of nitrogens with one attached hydrogen (secondary N) is 1. The van der Waals surface area contributed by atoms with E-state index < -0.39 is 5.91 Å². The highest BCUT2D eigenvalue weighted by Crippen LogP contribution is 2.31. The topological polar surface area (TPSA) is 104 Å². The van der Waals surface area contributed by atoms with Crippen molar-refractivity contribution in [3.8, 4) is 11.6 Å². The van der Waals surface area contributed by atoms with E-state index in [0.717, 1.165) is 17.2 Å². The molecule has 7 heteroatoms. The van der Waals surface area contributed by atoms with Crippen molar-refractivity contribution in [2.75, 3.05) is 13.7 Å². The Morgan fingerprint density at radius 1 is 1.44 bits per heavy atom. The second-order valence-electron chi connectivity index (χ2n) is 6.11. The second-order valence-corrected chi connectivity index (χ2v) is 6.11. The molecule has 1 aliphatic rings. The van der Waals surface area contributed by atoms with Crippen molar-refractivity contribution >= 4 is 22.6 Å². The monoisotopic (exact) mass is 343 g/mol. The van der Waals surface area contributed by atoms with Gasteiger partial charge in [0.1, 0.15) is 12.4 Å². The first-order valence-electron chi connectivity index (χ1n) is 8.22. The van der Waals surface area contributed by atoms with E-state index in [1.54, 1.807) is 24.4 Å². The van der Waals surface area contributed by atoms with Crippen molar-refractivity contribution in [3.63, 3.8) is 0 Å². The maximum atomic E-state index is 11.6. The van der Waals surface area contributed by atoms with Gasteiger partial charge in [0, 0.05) is 18.0 Å². The standard InChI is InChI=1S/C18H21N3O4/c1-3-10-7-16(22)21-14(10)9-25-18-12-8-15(24-2)13(17(19)23)6-11(12)4-5-20-18/h4-6,8,10,14H,3,7,9H2,1-2H3,(H2,19,23)(H,21,22). The molecule has 1 aromatic carbocycles. The number of methoxy groups -OCH3 is 1. The number of hydrogen-bond donors (Lipinski definition) is 2. The van der Waals surface area contributed by atoms with Gasteiger partial charge < -0.3 is 20.5 Å². The van der Waals surface area contributed by atoms with Crippen LogP contribution in [0.1, 0.15) is 30.1 Å². The maximum absolute atomic E-state index is 11.6. The van der Waals surface area contributed by atoms with Crippen molar-refractivity contribution in [2.24, 2.45) is 11.7 Å². The van der Waals surface area contributed by atoms with E-state index >= 15 is 0 Å². The van der Waals surface area contributed by atoms with E-state index in [1.807, 2.05) is 0 Å². The summed E-state index contributed by atoms with van der Waals surface area (Å²) in [5.41, 5.74) is 5.70. The lowest BCUT2D eigenvalue weighted by atomic mass is 9.98. The van der Waals surface area contributed by atoms with Crippen LogP contribution in [0.15, 0.2) is 24.4 Å². The van der Waals surface area contributed by atoms with Crippen LogP contribution < -0.4 is 20.5 Å². The minimum Gasteiger partial charge on any atom is -0.496 e. The molecular formula is C18H21N3O4. The molecule has 3 rings (SSSR count). The summed E-state index contributed by atoms with van der Waals surface area (Å²) in [6.07, 6.45) is 3.05. The van der Waals surface area contributed by atoms with Gasteiger partial charge in [0.25, 0.3) is 5.91 Å². The van der Waals surface area contributed by atoms with Gasteiger partial charge in [-0.25, -0.2) is 4.98 Å². The van der Waals surface area contributed by atoms with Gasteiger partial charge in [-0.1, -0.05) is 13.3 Å². The molecule has 0 radical (unpaired) electrons. The summed E-state index contributed by atoms with van der Waals surface area (Å²) in [7, 11) is 1.48. The van der Waals surface area contributed by atoms with Crippen LogP contribution in [0, 0.1) is 5.92 Å². The third-order valence-corrected chi connectivity index (χ3v) is 4.60. The molecule has 132 valence electrons. The molecule has 0 saturated carbocycles. The molecule has 0 bridgehead atoms. The lowest BCUT2D eigenvalue weighted by Gasteiger charge is -2.18. The molecule has 2 atom stereocenters. The van der Waals surface area contributed by atoms with Gasteiger partial charge in [-0.2, -0.15) is 0 Å². The van der Waals surface area contributed by atoms with Crippen LogP contribution in [0.5, 0.6) is 11.6 Å². The predicted octanol–water partition coefficient (Wildman–Crippen LogP) is 1.64. The quantitative estimate of drug-likeness (QED) is 0.830. The van der Waals surface area contributed by atoms with Gasteiger partial charge in [-0.3, -0.25) is 9.59 Å². The molecule has 1 saturated heterocycles. The average Bonchev–Trinajstić information content (AvgIpc) is 2.98. The number of fused-ring (bicyclic) bond motifs is 1. The Morgan fingerprint density at radius 2 is 2.24 bits per heavy atom. The highest BCUT2D eigenvalue weighted by atomic mass is 16.5. The number of hydrogen-bond acceptors (Lipinski definition) is 5. The Balaban J connectivity index is 1.89. The fourth-order valence-corrected chi connectivity index (χ4v) is 3.19. The third-order valence-electron chi connectivity index (χ3n) is 4.60. The molecule has 1 aliphatic heterocycles. The Morgan fingerprint density at radius 3 is 2.92 bits per heavy atom. The highest BCUT2D eigenvalue weighted by Gasteiger charge is 2.31. The zero-order valence-electron chi connectivity index (χ0n) is 14.2. The molecule has 2 amide bonds. The van der Waals surface area contributed by atoms with Gasteiger partial charge in [0.15, 0.2) is 0 Å². The molecular weight excluding hydrogens is 322 g/mol. The van der Waals surface area contributed by atoms with Crippen molar-refractivity contribution in [2.45, 2.75) is 25.8 Å². The minimum absolute atomic E-state index is 0.0265. The van der Waals surface area contributed by atoms with Gasteiger partial charge in [0.2, 0.25) is 11.8 Å². The van der Waals surface area contributed by atoms with Crippen molar-refractivity contribution < 1.29 is 19.1 Å². The predicted molar refractivity (Wildman–Crippen MR) is 92.6 cm³/mol. The largest absolute Gasteiger partial charge is 0.496 e. The third kappa shape index (κ3) is 3.35. The zero-order valence-corrected chi connectivity index (χ0v) is 14.2. The summed E-state index contributed by atoms with van der Waals surface area (Å²) in [5, 5.41) is 4.45. The molecule has 7 nitrogen and oxygen atoms in total.